The molecule has 0 saturated heterocycles. The summed E-state index contributed by atoms with van der Waals surface area (Å²) in [5, 5.41) is 9.39. The van der Waals surface area contributed by atoms with Crippen molar-refractivity contribution in [1.82, 2.24) is 15.8 Å². The highest BCUT2D eigenvalue weighted by Gasteiger charge is 2.13. The van der Waals surface area contributed by atoms with Crippen molar-refractivity contribution in [1.29, 1.82) is 0 Å². The van der Waals surface area contributed by atoms with Crippen LogP contribution in [0, 0.1) is 13.8 Å². The van der Waals surface area contributed by atoms with Crippen LogP contribution >= 0.6 is 0 Å². The Bertz CT molecular complexity index is 526. The van der Waals surface area contributed by atoms with Crippen molar-refractivity contribution in [3.63, 3.8) is 0 Å². The second kappa shape index (κ2) is 5.60. The number of aryl methyl sites for hydroxylation is 2. The van der Waals surface area contributed by atoms with Crippen LogP contribution < -0.4 is 10.6 Å². The van der Waals surface area contributed by atoms with Gasteiger partial charge >= 0.3 is 6.03 Å². The number of hydrogen-bond acceptors (Lipinski definition) is 4. The van der Waals surface area contributed by atoms with Gasteiger partial charge in [-0.2, -0.15) is 0 Å². The van der Waals surface area contributed by atoms with Gasteiger partial charge < -0.3 is 19.6 Å². The summed E-state index contributed by atoms with van der Waals surface area (Å²) in [5.41, 5.74) is 1.69. The molecular weight excluding hydrogens is 246 g/mol. The summed E-state index contributed by atoms with van der Waals surface area (Å²) in [6, 6.07) is 3.16. The van der Waals surface area contributed by atoms with Crippen LogP contribution in [0.15, 0.2) is 27.3 Å². The molecule has 2 aromatic rings. The summed E-state index contributed by atoms with van der Waals surface area (Å²) in [6.45, 7) is 5.91. The highest BCUT2D eigenvalue weighted by molar-refractivity contribution is 5.74. The Kier molecular flexibility index (Phi) is 3.89. The van der Waals surface area contributed by atoms with Gasteiger partial charge in [0, 0.05) is 12.1 Å². The van der Waals surface area contributed by atoms with Crippen LogP contribution in [0.4, 0.5) is 4.79 Å². The van der Waals surface area contributed by atoms with Crippen LogP contribution in [0.1, 0.15) is 35.7 Å². The van der Waals surface area contributed by atoms with E-state index in [1.165, 1.54) is 0 Å². The first-order valence-corrected chi connectivity index (χ1v) is 6.07. The van der Waals surface area contributed by atoms with E-state index in [0.29, 0.717) is 12.3 Å². The summed E-state index contributed by atoms with van der Waals surface area (Å²) in [4.78, 5) is 11.8. The highest BCUT2D eigenvalue weighted by Crippen LogP contribution is 2.13. The van der Waals surface area contributed by atoms with Crippen molar-refractivity contribution in [2.24, 2.45) is 0 Å². The zero-order valence-corrected chi connectivity index (χ0v) is 11.2. The number of furan rings is 1. The second-order valence-electron chi connectivity index (χ2n) is 4.37. The van der Waals surface area contributed by atoms with Gasteiger partial charge in [-0.1, -0.05) is 5.16 Å². The first-order chi connectivity index (χ1) is 9.08. The first kappa shape index (κ1) is 13.2. The van der Waals surface area contributed by atoms with E-state index in [-0.39, 0.29) is 12.1 Å². The zero-order chi connectivity index (χ0) is 13.8. The average Bonchev–Trinajstić information content (AvgIpc) is 2.98. The maximum Gasteiger partial charge on any atom is 0.315 e. The predicted octanol–water partition coefficient (Wildman–Crippen LogP) is 2.44. The molecule has 0 spiro atoms. The maximum absolute atomic E-state index is 11.8. The molecular formula is C13H17N3O3. The van der Waals surface area contributed by atoms with Crippen molar-refractivity contribution >= 4 is 6.03 Å². The molecule has 0 aliphatic heterocycles. The summed E-state index contributed by atoms with van der Waals surface area (Å²) in [6.07, 6.45) is 1.58. The molecule has 2 N–H and O–H groups in total. The molecule has 2 heterocycles. The standard InChI is InChI=1S/C13H17N3O3/c1-8-11(10(3)19-16-8)7-14-13(17)15-9(2)12-5-4-6-18-12/h4-6,9H,7H2,1-3H3,(H2,14,15,17)/t9-/m0/s1. The molecule has 0 unspecified atom stereocenters. The van der Waals surface area contributed by atoms with E-state index in [0.717, 1.165) is 17.0 Å². The number of nitrogens with one attached hydrogen (secondary N) is 2. The lowest BCUT2D eigenvalue weighted by atomic mass is 10.2. The SMILES string of the molecule is Cc1noc(C)c1CNC(=O)N[C@@H](C)c1ccco1. The lowest BCUT2D eigenvalue weighted by Crippen LogP contribution is -2.36. The summed E-state index contributed by atoms with van der Waals surface area (Å²) < 4.78 is 10.2. The number of hydrogen-bond donors (Lipinski definition) is 2. The third-order valence-corrected chi connectivity index (χ3v) is 2.92. The third kappa shape index (κ3) is 3.15. The molecule has 0 radical (unpaired) electrons. The Morgan fingerprint density at radius 3 is 2.84 bits per heavy atom. The highest BCUT2D eigenvalue weighted by atomic mass is 16.5. The molecule has 2 rings (SSSR count). The number of rotatable bonds is 4. The van der Waals surface area contributed by atoms with Crippen LogP contribution in [-0.2, 0) is 6.54 Å². The number of carbonyl (C=O) groups is 1. The molecule has 0 aromatic carbocycles. The molecule has 0 saturated carbocycles. The van der Waals surface area contributed by atoms with Crippen molar-refractivity contribution in [3.05, 3.63) is 41.2 Å². The second-order valence-corrected chi connectivity index (χ2v) is 4.37. The molecule has 0 aliphatic carbocycles. The minimum atomic E-state index is -0.260. The predicted molar refractivity (Wildman–Crippen MR) is 68.5 cm³/mol. The van der Waals surface area contributed by atoms with Crippen molar-refractivity contribution < 1.29 is 13.7 Å². The van der Waals surface area contributed by atoms with Crippen LogP contribution in [0.25, 0.3) is 0 Å². The van der Waals surface area contributed by atoms with Crippen LogP contribution in [0.2, 0.25) is 0 Å². The molecule has 0 fully saturated rings. The summed E-state index contributed by atoms with van der Waals surface area (Å²) in [5.74, 6) is 1.43. The molecule has 6 heteroatoms. The largest absolute Gasteiger partial charge is 0.467 e. The fourth-order valence-electron chi connectivity index (χ4n) is 1.78. The van der Waals surface area contributed by atoms with Gasteiger partial charge in [0.1, 0.15) is 11.5 Å². The van der Waals surface area contributed by atoms with Crippen LogP contribution in [0.3, 0.4) is 0 Å². The van der Waals surface area contributed by atoms with E-state index in [4.69, 9.17) is 8.94 Å². The van der Waals surface area contributed by atoms with Crippen LogP contribution in [-0.4, -0.2) is 11.2 Å². The zero-order valence-electron chi connectivity index (χ0n) is 11.2. The number of aromatic nitrogens is 1. The number of carbonyl (C=O) groups excluding carboxylic acids is 1. The van der Waals surface area contributed by atoms with Crippen molar-refractivity contribution in [3.8, 4) is 0 Å². The van der Waals surface area contributed by atoms with E-state index in [2.05, 4.69) is 15.8 Å². The molecule has 102 valence electrons. The third-order valence-electron chi connectivity index (χ3n) is 2.92. The molecule has 2 aromatic heterocycles. The lowest BCUT2D eigenvalue weighted by Gasteiger charge is -2.12. The Morgan fingerprint density at radius 1 is 1.47 bits per heavy atom. The van der Waals surface area contributed by atoms with Crippen molar-refractivity contribution in [2.45, 2.75) is 33.4 Å². The normalized spacial score (nSPS) is 12.2. The molecule has 0 aliphatic rings. The molecule has 6 nitrogen and oxygen atoms in total. The van der Waals surface area contributed by atoms with E-state index >= 15 is 0 Å². The average molecular weight is 263 g/mol. The molecule has 0 bridgehead atoms. The lowest BCUT2D eigenvalue weighted by molar-refractivity contribution is 0.235. The molecule has 2 amide bonds. The van der Waals surface area contributed by atoms with Gasteiger partial charge in [0.2, 0.25) is 0 Å². The quantitative estimate of drug-likeness (QED) is 0.887. The monoisotopic (exact) mass is 263 g/mol. The minimum absolute atomic E-state index is 0.181. The van der Waals surface area contributed by atoms with Gasteiger partial charge in [0.05, 0.1) is 18.0 Å². The summed E-state index contributed by atoms with van der Waals surface area (Å²) >= 11 is 0. The maximum atomic E-state index is 11.8. The van der Waals surface area contributed by atoms with E-state index in [1.54, 1.807) is 12.3 Å². The molecule has 1 atom stereocenters. The van der Waals surface area contributed by atoms with E-state index < -0.39 is 0 Å². The van der Waals surface area contributed by atoms with Gasteiger partial charge in [-0.25, -0.2) is 4.79 Å². The number of urea groups is 1. The Balaban J connectivity index is 1.85. The number of nitrogens with zero attached hydrogens (tertiary/aromatic N) is 1. The van der Waals surface area contributed by atoms with Gasteiger partial charge in [-0.3, -0.25) is 0 Å². The Morgan fingerprint density at radius 2 is 2.26 bits per heavy atom. The van der Waals surface area contributed by atoms with Gasteiger partial charge in [-0.15, -0.1) is 0 Å². The fourth-order valence-corrected chi connectivity index (χ4v) is 1.78. The van der Waals surface area contributed by atoms with Gasteiger partial charge in [-0.05, 0) is 32.9 Å². The van der Waals surface area contributed by atoms with Gasteiger partial charge in [0.25, 0.3) is 0 Å². The molecule has 19 heavy (non-hydrogen) atoms. The van der Waals surface area contributed by atoms with Gasteiger partial charge in [0.15, 0.2) is 0 Å². The Hall–Kier alpha value is -2.24. The summed E-state index contributed by atoms with van der Waals surface area (Å²) in [7, 11) is 0. The topological polar surface area (TPSA) is 80.3 Å². The Labute approximate surface area is 111 Å². The fraction of sp³-hybridized carbons (Fsp3) is 0.385. The van der Waals surface area contributed by atoms with E-state index in [9.17, 15) is 4.79 Å². The minimum Gasteiger partial charge on any atom is -0.467 e. The number of amides is 2. The smallest absolute Gasteiger partial charge is 0.315 e. The van der Waals surface area contributed by atoms with E-state index in [1.807, 2.05) is 26.8 Å². The first-order valence-electron chi connectivity index (χ1n) is 6.07. The van der Waals surface area contributed by atoms with Crippen LogP contribution in [0.5, 0.6) is 0 Å². The van der Waals surface area contributed by atoms with Crippen molar-refractivity contribution in [2.75, 3.05) is 0 Å².